The van der Waals surface area contributed by atoms with E-state index in [0.29, 0.717) is 17.8 Å². The van der Waals surface area contributed by atoms with Crippen LogP contribution in [0.25, 0.3) is 0 Å². The van der Waals surface area contributed by atoms with Crippen molar-refractivity contribution in [1.29, 1.82) is 0 Å². The molecule has 3 N–H and O–H groups in total. The molecule has 3 nitrogen and oxygen atoms in total. The highest BCUT2D eigenvalue weighted by Gasteiger charge is 2.21. The number of nitrogens with two attached hydrogens (primary N) is 1. The molecule has 16 heavy (non-hydrogen) atoms. The highest BCUT2D eigenvalue weighted by molar-refractivity contribution is 5.77. The van der Waals surface area contributed by atoms with Gasteiger partial charge < -0.3 is 11.1 Å². The molecule has 0 saturated carbocycles. The third-order valence-corrected chi connectivity index (χ3v) is 3.25. The second kappa shape index (κ2) is 6.77. The maximum Gasteiger partial charge on any atom is 0.188 e. The summed E-state index contributed by atoms with van der Waals surface area (Å²) in [5, 5.41) is 3.15. The first-order valence-electron chi connectivity index (χ1n) is 6.29. The first-order chi connectivity index (χ1) is 7.25. The molecule has 0 bridgehead atoms. The summed E-state index contributed by atoms with van der Waals surface area (Å²) in [6, 6.07) is 0. The number of guanidine groups is 1. The topological polar surface area (TPSA) is 50.4 Å². The van der Waals surface area contributed by atoms with Crippen molar-refractivity contribution in [3.8, 4) is 0 Å². The van der Waals surface area contributed by atoms with Gasteiger partial charge in [0.05, 0.1) is 0 Å². The molecule has 0 unspecified atom stereocenters. The van der Waals surface area contributed by atoms with Gasteiger partial charge >= 0.3 is 0 Å². The quantitative estimate of drug-likeness (QED) is 0.541. The van der Waals surface area contributed by atoms with Gasteiger partial charge in [-0.1, -0.05) is 41.5 Å². The summed E-state index contributed by atoms with van der Waals surface area (Å²) in [6.45, 7) is 15.0. The van der Waals surface area contributed by atoms with Gasteiger partial charge in [-0.25, -0.2) is 0 Å². The van der Waals surface area contributed by atoms with Crippen LogP contribution in [0.3, 0.4) is 0 Å². The third kappa shape index (κ3) is 6.70. The Balaban J connectivity index is 3.95. The molecular formula is C13H29N3. The zero-order chi connectivity index (χ0) is 12.8. The van der Waals surface area contributed by atoms with Crippen LogP contribution in [0.15, 0.2) is 4.99 Å². The molecule has 96 valence electrons. The SMILES string of the molecule is CC(C)CCNC(N)=NCC(C)(C)C(C)C. The van der Waals surface area contributed by atoms with E-state index >= 15 is 0 Å². The van der Waals surface area contributed by atoms with Gasteiger partial charge in [0.2, 0.25) is 0 Å². The van der Waals surface area contributed by atoms with Crippen LogP contribution in [0.5, 0.6) is 0 Å². The lowest BCUT2D eigenvalue weighted by Crippen LogP contribution is -2.34. The van der Waals surface area contributed by atoms with Gasteiger partial charge in [0.1, 0.15) is 0 Å². The van der Waals surface area contributed by atoms with Crippen LogP contribution >= 0.6 is 0 Å². The largest absolute Gasteiger partial charge is 0.370 e. The molecule has 0 aromatic carbocycles. The number of nitrogens with one attached hydrogen (secondary N) is 1. The Labute approximate surface area is 101 Å². The molecule has 0 amide bonds. The molecule has 0 aromatic heterocycles. The van der Waals surface area contributed by atoms with Crippen LogP contribution in [-0.2, 0) is 0 Å². The molecule has 0 radical (unpaired) electrons. The van der Waals surface area contributed by atoms with Gasteiger partial charge in [-0.3, -0.25) is 4.99 Å². The van der Waals surface area contributed by atoms with Crippen molar-refractivity contribution in [2.45, 2.75) is 48.0 Å². The summed E-state index contributed by atoms with van der Waals surface area (Å²) in [4.78, 5) is 4.40. The lowest BCUT2D eigenvalue weighted by molar-refractivity contribution is 0.262. The Morgan fingerprint density at radius 1 is 1.25 bits per heavy atom. The predicted octanol–water partition coefficient (Wildman–Crippen LogP) is 2.62. The summed E-state index contributed by atoms with van der Waals surface area (Å²) in [7, 11) is 0. The van der Waals surface area contributed by atoms with Gasteiger partial charge in [-0.15, -0.1) is 0 Å². The monoisotopic (exact) mass is 227 g/mol. The Hall–Kier alpha value is -0.730. The van der Waals surface area contributed by atoms with Gasteiger partial charge in [-0.2, -0.15) is 0 Å². The van der Waals surface area contributed by atoms with Crippen LogP contribution in [0, 0.1) is 17.3 Å². The average Bonchev–Trinajstić information content (AvgIpc) is 2.14. The highest BCUT2D eigenvalue weighted by atomic mass is 15.1. The molecule has 3 heteroatoms. The second-order valence-electron chi connectivity index (χ2n) is 5.95. The molecule has 0 aromatic rings. The maximum absolute atomic E-state index is 5.81. The van der Waals surface area contributed by atoms with Crippen molar-refractivity contribution >= 4 is 5.96 Å². The van der Waals surface area contributed by atoms with Crippen molar-refractivity contribution in [2.24, 2.45) is 28.0 Å². The van der Waals surface area contributed by atoms with Crippen molar-refractivity contribution in [3.05, 3.63) is 0 Å². The van der Waals surface area contributed by atoms with Crippen molar-refractivity contribution in [2.75, 3.05) is 13.1 Å². The first-order valence-corrected chi connectivity index (χ1v) is 6.29. The molecule has 0 aliphatic carbocycles. The van der Waals surface area contributed by atoms with Crippen LogP contribution in [-0.4, -0.2) is 19.0 Å². The van der Waals surface area contributed by atoms with Gasteiger partial charge in [0.25, 0.3) is 0 Å². The summed E-state index contributed by atoms with van der Waals surface area (Å²) < 4.78 is 0. The van der Waals surface area contributed by atoms with E-state index in [0.717, 1.165) is 19.5 Å². The number of nitrogens with zero attached hydrogens (tertiary/aromatic N) is 1. The zero-order valence-electron chi connectivity index (χ0n) is 11.8. The minimum atomic E-state index is 0.213. The molecule has 0 atom stereocenters. The van der Waals surface area contributed by atoms with Gasteiger partial charge in [0, 0.05) is 13.1 Å². The number of hydrogen-bond acceptors (Lipinski definition) is 1. The van der Waals surface area contributed by atoms with Crippen LogP contribution in [0.4, 0.5) is 0 Å². The Bertz CT molecular complexity index is 217. The number of rotatable bonds is 6. The normalized spacial score (nSPS) is 13.6. The van der Waals surface area contributed by atoms with E-state index in [1.807, 2.05) is 0 Å². The fourth-order valence-corrected chi connectivity index (χ4v) is 1.02. The predicted molar refractivity (Wildman–Crippen MR) is 72.6 cm³/mol. The summed E-state index contributed by atoms with van der Waals surface area (Å²) in [5.41, 5.74) is 6.02. The molecule has 0 aliphatic rings. The minimum Gasteiger partial charge on any atom is -0.370 e. The molecule has 0 aliphatic heterocycles. The van der Waals surface area contributed by atoms with Gasteiger partial charge in [0.15, 0.2) is 5.96 Å². The second-order valence-corrected chi connectivity index (χ2v) is 5.95. The first kappa shape index (κ1) is 15.3. The Morgan fingerprint density at radius 2 is 1.81 bits per heavy atom. The van der Waals surface area contributed by atoms with E-state index in [2.05, 4.69) is 51.9 Å². The van der Waals surface area contributed by atoms with Crippen molar-refractivity contribution in [1.82, 2.24) is 5.32 Å². The standard InChI is InChI=1S/C13H29N3/c1-10(2)7-8-15-12(14)16-9-13(5,6)11(3)4/h10-11H,7-9H2,1-6H3,(H3,14,15,16). The molecule has 0 saturated heterocycles. The minimum absolute atomic E-state index is 0.213. The van der Waals surface area contributed by atoms with Crippen molar-refractivity contribution < 1.29 is 0 Å². The van der Waals surface area contributed by atoms with E-state index in [4.69, 9.17) is 5.73 Å². The lowest BCUT2D eigenvalue weighted by atomic mass is 9.81. The Kier molecular flexibility index (Phi) is 6.46. The molecule has 0 heterocycles. The summed E-state index contributed by atoms with van der Waals surface area (Å²) in [6.07, 6.45) is 1.13. The summed E-state index contributed by atoms with van der Waals surface area (Å²) in [5.74, 6) is 1.89. The van der Waals surface area contributed by atoms with E-state index in [1.54, 1.807) is 0 Å². The average molecular weight is 227 g/mol. The van der Waals surface area contributed by atoms with E-state index in [-0.39, 0.29) is 5.41 Å². The third-order valence-electron chi connectivity index (χ3n) is 3.25. The highest BCUT2D eigenvalue weighted by Crippen LogP contribution is 2.25. The molecule has 0 spiro atoms. The maximum atomic E-state index is 5.81. The fourth-order valence-electron chi connectivity index (χ4n) is 1.02. The number of aliphatic imine (C=N–C) groups is 1. The smallest absolute Gasteiger partial charge is 0.188 e. The molecule has 0 fully saturated rings. The summed E-state index contributed by atoms with van der Waals surface area (Å²) >= 11 is 0. The van der Waals surface area contributed by atoms with Crippen LogP contribution < -0.4 is 11.1 Å². The van der Waals surface area contributed by atoms with E-state index < -0.39 is 0 Å². The fraction of sp³-hybridized carbons (Fsp3) is 0.923. The van der Waals surface area contributed by atoms with E-state index in [9.17, 15) is 0 Å². The van der Waals surface area contributed by atoms with Crippen molar-refractivity contribution in [3.63, 3.8) is 0 Å². The molecule has 0 rings (SSSR count). The van der Waals surface area contributed by atoms with Crippen LogP contribution in [0.1, 0.15) is 48.0 Å². The number of hydrogen-bond donors (Lipinski definition) is 2. The van der Waals surface area contributed by atoms with Gasteiger partial charge in [-0.05, 0) is 23.7 Å². The molecular weight excluding hydrogens is 198 g/mol. The van der Waals surface area contributed by atoms with E-state index in [1.165, 1.54) is 0 Å². The van der Waals surface area contributed by atoms with Crippen LogP contribution in [0.2, 0.25) is 0 Å². The lowest BCUT2D eigenvalue weighted by Gasteiger charge is -2.27. The zero-order valence-corrected chi connectivity index (χ0v) is 11.8. The Morgan fingerprint density at radius 3 is 2.25 bits per heavy atom.